The van der Waals surface area contributed by atoms with E-state index in [-0.39, 0.29) is 18.5 Å². The Balaban J connectivity index is 3.34. The van der Waals surface area contributed by atoms with Gasteiger partial charge in [0.15, 0.2) is 0 Å². The molecule has 2 atom stereocenters. The van der Waals surface area contributed by atoms with E-state index in [2.05, 4.69) is 43.5 Å². The van der Waals surface area contributed by atoms with Crippen molar-refractivity contribution in [2.45, 2.75) is 456 Å². The Labute approximate surface area is 544 Å². The van der Waals surface area contributed by atoms with Crippen LogP contribution in [0.25, 0.3) is 0 Å². The molecule has 0 aliphatic carbocycles. The van der Waals surface area contributed by atoms with E-state index >= 15 is 0 Å². The van der Waals surface area contributed by atoms with Crippen molar-refractivity contribution in [3.05, 3.63) is 36.5 Å². The predicted molar refractivity (Wildman–Crippen MR) is 384 cm³/mol. The highest BCUT2D eigenvalue weighted by molar-refractivity contribution is 5.76. The molecule has 0 saturated heterocycles. The minimum Gasteiger partial charge on any atom is -0.466 e. The molecule has 514 valence electrons. The van der Waals surface area contributed by atoms with Gasteiger partial charge in [0.25, 0.3) is 0 Å². The smallest absolute Gasteiger partial charge is 0.305 e. The molecule has 0 radical (unpaired) electrons. The molecule has 3 N–H and O–H groups in total. The first-order valence-corrected chi connectivity index (χ1v) is 39.8. The number of esters is 1. The lowest BCUT2D eigenvalue weighted by molar-refractivity contribution is -0.143. The van der Waals surface area contributed by atoms with Gasteiger partial charge in [-0.2, -0.15) is 0 Å². The number of hydrogen-bond donors (Lipinski definition) is 3. The molecule has 0 aromatic carbocycles. The monoisotopic (exact) mass is 1220 g/mol. The van der Waals surface area contributed by atoms with Crippen LogP contribution in [0.5, 0.6) is 0 Å². The fourth-order valence-corrected chi connectivity index (χ4v) is 12.6. The van der Waals surface area contributed by atoms with Crippen LogP contribution in [-0.2, 0) is 14.3 Å². The second-order valence-corrected chi connectivity index (χ2v) is 27.4. The van der Waals surface area contributed by atoms with E-state index in [1.54, 1.807) is 6.08 Å². The number of ether oxygens (including phenoxy) is 1. The third kappa shape index (κ3) is 73.0. The van der Waals surface area contributed by atoms with Crippen LogP contribution < -0.4 is 5.32 Å². The lowest BCUT2D eigenvalue weighted by Crippen LogP contribution is -2.45. The number of allylic oxidation sites excluding steroid dienone is 5. The summed E-state index contributed by atoms with van der Waals surface area (Å²) in [5.41, 5.74) is 0. The molecule has 2 unspecified atom stereocenters. The van der Waals surface area contributed by atoms with Crippen LogP contribution in [0.4, 0.5) is 0 Å². The summed E-state index contributed by atoms with van der Waals surface area (Å²) in [6.07, 6.45) is 99.8. The van der Waals surface area contributed by atoms with Crippen molar-refractivity contribution in [1.82, 2.24) is 5.32 Å². The molecule has 0 saturated carbocycles. The van der Waals surface area contributed by atoms with Gasteiger partial charge in [-0.1, -0.05) is 403 Å². The van der Waals surface area contributed by atoms with Gasteiger partial charge in [0, 0.05) is 12.8 Å². The van der Waals surface area contributed by atoms with Gasteiger partial charge < -0.3 is 20.3 Å². The third-order valence-corrected chi connectivity index (χ3v) is 18.7. The summed E-state index contributed by atoms with van der Waals surface area (Å²) in [4.78, 5) is 24.7. The molecule has 0 aliphatic rings. The Kier molecular flexibility index (Phi) is 74.8. The van der Waals surface area contributed by atoms with Gasteiger partial charge in [-0.3, -0.25) is 9.59 Å². The second-order valence-electron chi connectivity index (χ2n) is 27.4. The molecule has 0 rings (SSSR count). The number of hydrogen-bond acceptors (Lipinski definition) is 5. The predicted octanol–water partition coefficient (Wildman–Crippen LogP) is 26.2. The van der Waals surface area contributed by atoms with Crippen molar-refractivity contribution < 1.29 is 24.5 Å². The molecule has 6 heteroatoms. The summed E-state index contributed by atoms with van der Waals surface area (Å²) in [6, 6.07) is -0.626. The molecule has 0 bridgehead atoms. The summed E-state index contributed by atoms with van der Waals surface area (Å²) in [6.45, 7) is 4.93. The van der Waals surface area contributed by atoms with Gasteiger partial charge in [-0.05, 0) is 64.2 Å². The highest BCUT2D eigenvalue weighted by Gasteiger charge is 2.18. The van der Waals surface area contributed by atoms with E-state index in [0.717, 1.165) is 51.4 Å². The van der Waals surface area contributed by atoms with Gasteiger partial charge >= 0.3 is 5.97 Å². The van der Waals surface area contributed by atoms with Crippen molar-refractivity contribution >= 4 is 11.9 Å². The highest BCUT2D eigenvalue weighted by atomic mass is 16.5. The first-order chi connectivity index (χ1) is 43.0. The van der Waals surface area contributed by atoms with Crippen LogP contribution in [0.1, 0.15) is 444 Å². The van der Waals surface area contributed by atoms with E-state index in [4.69, 9.17) is 4.74 Å². The molecule has 0 aliphatic heterocycles. The zero-order chi connectivity index (χ0) is 62.8. The maximum Gasteiger partial charge on any atom is 0.305 e. The molecule has 0 spiro atoms. The lowest BCUT2D eigenvalue weighted by Gasteiger charge is -2.20. The maximum absolute atomic E-state index is 12.5. The van der Waals surface area contributed by atoms with Crippen molar-refractivity contribution in [3.63, 3.8) is 0 Å². The van der Waals surface area contributed by atoms with E-state index in [1.165, 1.54) is 366 Å². The standard InChI is InChI=1S/C81H155NO5/c1-3-5-7-9-11-13-15-17-19-21-23-38-41-45-49-53-57-61-65-69-73-79(84)78(77-83)82-80(85)74-70-66-62-58-54-50-46-42-39-35-33-31-29-27-25-24-26-28-30-32-34-36-40-44-48-52-56-60-64-68-72-76-87-81(86)75-71-67-63-59-55-51-47-43-37-22-20-18-16-14-12-10-8-6-4-2/h12,14,18,20,69,73,78-79,83-84H,3-11,13,15-17,19,21-68,70-72,74-77H2,1-2H3,(H,82,85)/b14-12-,20-18-,73-69+. The minimum absolute atomic E-state index is 0.0174. The Bertz CT molecular complexity index is 1410. The number of nitrogens with one attached hydrogen (secondary N) is 1. The van der Waals surface area contributed by atoms with Crippen molar-refractivity contribution in [2.24, 2.45) is 0 Å². The zero-order valence-corrected chi connectivity index (χ0v) is 59.0. The van der Waals surface area contributed by atoms with Gasteiger partial charge in [0.05, 0.1) is 25.4 Å². The minimum atomic E-state index is -0.843. The normalized spacial score (nSPS) is 12.6. The average Bonchev–Trinajstić information content (AvgIpc) is 3.53. The average molecular weight is 1220 g/mol. The number of rotatable bonds is 75. The molecule has 87 heavy (non-hydrogen) atoms. The Hall–Kier alpha value is -1.92. The van der Waals surface area contributed by atoms with Crippen LogP contribution in [-0.4, -0.2) is 47.4 Å². The number of carbonyl (C=O) groups excluding carboxylic acids is 2. The van der Waals surface area contributed by atoms with Crippen molar-refractivity contribution in [3.8, 4) is 0 Å². The van der Waals surface area contributed by atoms with Gasteiger partial charge in [-0.15, -0.1) is 0 Å². The molecule has 6 nitrogen and oxygen atoms in total. The largest absolute Gasteiger partial charge is 0.466 e. The Morgan fingerprint density at radius 2 is 0.575 bits per heavy atom. The van der Waals surface area contributed by atoms with Gasteiger partial charge in [0.1, 0.15) is 0 Å². The fraction of sp³-hybridized carbons (Fsp3) is 0.901. The second kappa shape index (κ2) is 76.5. The fourth-order valence-electron chi connectivity index (χ4n) is 12.6. The number of aliphatic hydroxyl groups is 2. The zero-order valence-electron chi connectivity index (χ0n) is 59.0. The SMILES string of the molecule is CCCCC/C=C\C/C=C\CCCCCCCCCCCC(=O)OCCCCCCCCCCCCCCCCCCCCCCCCCCCCCCCCCC(=O)NC(CO)C(O)/C=C/CCCCCCCCCCCCCCCCCCCC. The van der Waals surface area contributed by atoms with Crippen molar-refractivity contribution in [1.29, 1.82) is 0 Å². The van der Waals surface area contributed by atoms with Crippen molar-refractivity contribution in [2.75, 3.05) is 13.2 Å². The third-order valence-electron chi connectivity index (χ3n) is 18.7. The summed E-state index contributed by atoms with van der Waals surface area (Å²) in [5, 5.41) is 23.3. The lowest BCUT2D eigenvalue weighted by atomic mass is 10.0. The number of amides is 1. The Morgan fingerprint density at radius 3 is 0.897 bits per heavy atom. The Morgan fingerprint density at radius 1 is 0.322 bits per heavy atom. The van der Waals surface area contributed by atoms with Crippen LogP contribution in [0.15, 0.2) is 36.5 Å². The van der Waals surface area contributed by atoms with Crippen LogP contribution in [0, 0.1) is 0 Å². The number of carbonyl (C=O) groups is 2. The first-order valence-electron chi connectivity index (χ1n) is 39.8. The summed E-state index contributed by atoms with van der Waals surface area (Å²) < 4.78 is 5.52. The highest BCUT2D eigenvalue weighted by Crippen LogP contribution is 2.20. The summed E-state index contributed by atoms with van der Waals surface area (Å²) >= 11 is 0. The van der Waals surface area contributed by atoms with Crippen LogP contribution >= 0.6 is 0 Å². The maximum atomic E-state index is 12.5. The van der Waals surface area contributed by atoms with E-state index in [9.17, 15) is 19.8 Å². The molecule has 0 aromatic heterocycles. The molecular weight excluding hydrogens is 1070 g/mol. The van der Waals surface area contributed by atoms with E-state index < -0.39 is 12.1 Å². The quantitative estimate of drug-likeness (QED) is 0.0320. The van der Waals surface area contributed by atoms with E-state index in [0.29, 0.717) is 19.4 Å². The summed E-state index contributed by atoms with van der Waals surface area (Å²) in [5.74, 6) is -0.0420. The number of unbranched alkanes of at least 4 members (excludes halogenated alkanes) is 60. The van der Waals surface area contributed by atoms with Crippen LogP contribution in [0.3, 0.4) is 0 Å². The van der Waals surface area contributed by atoms with Gasteiger partial charge in [-0.25, -0.2) is 0 Å². The van der Waals surface area contributed by atoms with Crippen LogP contribution in [0.2, 0.25) is 0 Å². The molecule has 0 heterocycles. The van der Waals surface area contributed by atoms with Gasteiger partial charge in [0.2, 0.25) is 5.91 Å². The topological polar surface area (TPSA) is 95.9 Å². The molecule has 1 amide bonds. The molecule has 0 fully saturated rings. The summed E-state index contributed by atoms with van der Waals surface area (Å²) in [7, 11) is 0. The molecular formula is C81H155NO5. The number of aliphatic hydroxyl groups excluding tert-OH is 2. The van der Waals surface area contributed by atoms with E-state index in [1.807, 2.05) is 6.08 Å². The molecule has 0 aromatic rings. The first kappa shape index (κ1) is 85.1.